The van der Waals surface area contributed by atoms with Crippen LogP contribution in [0.2, 0.25) is 5.02 Å². The van der Waals surface area contributed by atoms with Gasteiger partial charge in [0.1, 0.15) is 17.2 Å². The van der Waals surface area contributed by atoms with Crippen LogP contribution in [0.4, 0.5) is 0 Å². The summed E-state index contributed by atoms with van der Waals surface area (Å²) in [5.74, 6) is 0.642. The molecule has 1 aromatic heterocycles. The van der Waals surface area contributed by atoms with Gasteiger partial charge in [-0.05, 0) is 53.6 Å². The average Bonchev–Trinajstić information content (AvgIpc) is 2.87. The van der Waals surface area contributed by atoms with Crippen molar-refractivity contribution in [3.8, 4) is 51.0 Å². The van der Waals surface area contributed by atoms with E-state index in [-0.39, 0.29) is 17.2 Å². The van der Waals surface area contributed by atoms with Crippen molar-refractivity contribution in [3.05, 3.63) is 100 Å². The summed E-state index contributed by atoms with van der Waals surface area (Å²) in [6, 6.07) is 24.5. The molecule has 7 heteroatoms. The van der Waals surface area contributed by atoms with Crippen LogP contribution in [-0.4, -0.2) is 22.3 Å². The van der Waals surface area contributed by atoms with E-state index >= 15 is 0 Å². The number of aromatic nitrogens is 1. The Labute approximate surface area is 205 Å². The molecule has 0 aliphatic carbocycles. The van der Waals surface area contributed by atoms with E-state index in [0.717, 1.165) is 5.56 Å². The van der Waals surface area contributed by atoms with Gasteiger partial charge >= 0.3 is 0 Å². The van der Waals surface area contributed by atoms with Gasteiger partial charge in [0.25, 0.3) is 5.56 Å². The highest BCUT2D eigenvalue weighted by Crippen LogP contribution is 2.41. The van der Waals surface area contributed by atoms with Crippen molar-refractivity contribution in [2.24, 2.45) is 0 Å². The van der Waals surface area contributed by atoms with E-state index in [2.05, 4.69) is 4.98 Å². The van der Waals surface area contributed by atoms with Gasteiger partial charge < -0.3 is 24.7 Å². The Balaban J connectivity index is 1.59. The van der Waals surface area contributed by atoms with Gasteiger partial charge in [0.05, 0.1) is 17.6 Å². The lowest BCUT2D eigenvalue weighted by molar-refractivity contribution is 0.410. The molecule has 0 saturated carbocycles. The first-order chi connectivity index (χ1) is 16.9. The molecule has 0 saturated heterocycles. The second kappa shape index (κ2) is 9.08. The molecule has 0 aliphatic rings. The summed E-state index contributed by atoms with van der Waals surface area (Å²) in [6.45, 7) is 0. The molecule has 1 heterocycles. The van der Waals surface area contributed by atoms with Crippen molar-refractivity contribution >= 4 is 22.5 Å². The van der Waals surface area contributed by atoms with Gasteiger partial charge in [0.15, 0.2) is 5.75 Å². The Morgan fingerprint density at radius 2 is 1.54 bits per heavy atom. The Bertz CT molecular complexity index is 1610. The first kappa shape index (κ1) is 22.4. The minimum atomic E-state index is -0.581. The first-order valence-electron chi connectivity index (χ1n) is 10.7. The van der Waals surface area contributed by atoms with Crippen LogP contribution in [-0.2, 0) is 0 Å². The standard InChI is InChI=1S/C28H20ClNO5/c1-34-19-9-5-6-16(12-19)20-11-10-17(13-25(20)31)21-14-22-24(15-23(21)29)30-28(33)27(26(22)32)35-18-7-3-2-4-8-18/h2-15,31H,1H3,(H2,30,32,33). The minimum Gasteiger partial charge on any atom is -0.507 e. The van der Waals surface area contributed by atoms with Crippen LogP contribution in [0.1, 0.15) is 0 Å². The third-order valence-corrected chi connectivity index (χ3v) is 6.00. The fourth-order valence-corrected chi connectivity index (χ4v) is 4.21. The molecule has 0 spiro atoms. The lowest BCUT2D eigenvalue weighted by Crippen LogP contribution is -2.09. The monoisotopic (exact) mass is 485 g/mol. The third kappa shape index (κ3) is 4.27. The predicted molar refractivity (Wildman–Crippen MR) is 137 cm³/mol. The smallest absolute Gasteiger partial charge is 0.295 e. The first-order valence-corrected chi connectivity index (χ1v) is 11.1. The highest BCUT2D eigenvalue weighted by atomic mass is 35.5. The highest BCUT2D eigenvalue weighted by molar-refractivity contribution is 6.34. The van der Waals surface area contributed by atoms with Crippen molar-refractivity contribution < 1.29 is 19.7 Å². The van der Waals surface area contributed by atoms with E-state index in [1.165, 1.54) is 0 Å². The third-order valence-electron chi connectivity index (χ3n) is 5.68. The molecule has 5 rings (SSSR count). The maximum atomic E-state index is 12.6. The van der Waals surface area contributed by atoms with Gasteiger partial charge in [0, 0.05) is 16.5 Å². The number of phenolic OH excluding ortho intramolecular Hbond substituents is 1. The van der Waals surface area contributed by atoms with Gasteiger partial charge in [-0.15, -0.1) is 0 Å². The maximum Gasteiger partial charge on any atom is 0.295 e. The molecule has 3 N–H and O–H groups in total. The van der Waals surface area contributed by atoms with Crippen molar-refractivity contribution in [1.29, 1.82) is 0 Å². The summed E-state index contributed by atoms with van der Waals surface area (Å²) in [6.07, 6.45) is 0. The Kier molecular flexibility index (Phi) is 5.81. The summed E-state index contributed by atoms with van der Waals surface area (Å²) >= 11 is 6.53. The van der Waals surface area contributed by atoms with Crippen molar-refractivity contribution in [3.63, 3.8) is 0 Å². The summed E-state index contributed by atoms with van der Waals surface area (Å²) < 4.78 is 10.9. The number of phenols is 1. The second-order valence-electron chi connectivity index (χ2n) is 7.89. The lowest BCUT2D eigenvalue weighted by atomic mass is 9.98. The number of aromatic hydroxyl groups is 2. The molecule has 6 nitrogen and oxygen atoms in total. The number of hydrogen-bond acceptors (Lipinski definition) is 5. The van der Waals surface area contributed by atoms with E-state index in [9.17, 15) is 15.0 Å². The average molecular weight is 486 g/mol. The zero-order valence-corrected chi connectivity index (χ0v) is 19.3. The highest BCUT2D eigenvalue weighted by Gasteiger charge is 2.18. The van der Waals surface area contributed by atoms with Gasteiger partial charge in [-0.2, -0.15) is 0 Å². The lowest BCUT2D eigenvalue weighted by Gasteiger charge is -2.13. The maximum absolute atomic E-state index is 12.6. The number of para-hydroxylation sites is 1. The number of pyridine rings is 1. The van der Waals surface area contributed by atoms with E-state index in [1.807, 2.05) is 36.4 Å². The Hall–Kier alpha value is -4.42. The van der Waals surface area contributed by atoms with Gasteiger partial charge in [0.2, 0.25) is 5.75 Å². The van der Waals surface area contributed by atoms with Crippen LogP contribution >= 0.6 is 11.6 Å². The number of H-pyrrole nitrogens is 1. The van der Waals surface area contributed by atoms with E-state index in [1.54, 1.807) is 55.6 Å². The summed E-state index contributed by atoms with van der Waals surface area (Å²) in [5.41, 5.74) is 2.42. The molecule has 0 radical (unpaired) electrons. The van der Waals surface area contributed by atoms with Crippen LogP contribution in [0.25, 0.3) is 33.2 Å². The number of halogens is 1. The zero-order valence-electron chi connectivity index (χ0n) is 18.6. The number of aromatic amines is 1. The topological polar surface area (TPSA) is 91.8 Å². The molecule has 0 bridgehead atoms. The van der Waals surface area contributed by atoms with Crippen molar-refractivity contribution in [2.75, 3.05) is 7.11 Å². The molecule has 5 aromatic rings. The molecular formula is C28H20ClNO5. The molecule has 0 aliphatic heterocycles. The molecule has 4 aromatic carbocycles. The van der Waals surface area contributed by atoms with Gasteiger partial charge in [-0.25, -0.2) is 0 Å². The molecule has 0 unspecified atom stereocenters. The number of benzene rings is 4. The van der Waals surface area contributed by atoms with Crippen LogP contribution in [0.15, 0.2) is 89.7 Å². The number of fused-ring (bicyclic) bond motifs is 1. The number of methoxy groups -OCH3 is 1. The largest absolute Gasteiger partial charge is 0.507 e. The van der Waals surface area contributed by atoms with Crippen LogP contribution in [0.5, 0.6) is 28.7 Å². The normalized spacial score (nSPS) is 10.9. The number of ether oxygens (including phenoxy) is 2. The molecule has 35 heavy (non-hydrogen) atoms. The Morgan fingerprint density at radius 3 is 2.29 bits per heavy atom. The van der Waals surface area contributed by atoms with Crippen LogP contribution in [0.3, 0.4) is 0 Å². The molecular weight excluding hydrogens is 466 g/mol. The molecule has 174 valence electrons. The van der Waals surface area contributed by atoms with Crippen LogP contribution in [0, 0.1) is 0 Å². The number of nitrogens with one attached hydrogen (secondary N) is 1. The van der Waals surface area contributed by atoms with E-state index < -0.39 is 5.56 Å². The van der Waals surface area contributed by atoms with E-state index in [4.69, 9.17) is 21.1 Å². The van der Waals surface area contributed by atoms with Gasteiger partial charge in [-0.1, -0.05) is 54.1 Å². The predicted octanol–water partition coefficient (Wildman–Crippen LogP) is 6.73. The summed E-state index contributed by atoms with van der Waals surface area (Å²) in [7, 11) is 1.59. The molecule has 0 amide bonds. The SMILES string of the molecule is COc1cccc(-c2ccc(-c3cc4c(O)c(Oc5ccccc5)c(=O)[nH]c4cc3Cl)cc2O)c1. The van der Waals surface area contributed by atoms with Crippen LogP contribution < -0.4 is 15.0 Å². The molecule has 0 atom stereocenters. The number of hydrogen-bond donors (Lipinski definition) is 3. The molecule has 0 fully saturated rings. The quantitative estimate of drug-likeness (QED) is 0.257. The van der Waals surface area contributed by atoms with E-state index in [0.29, 0.717) is 44.1 Å². The fourth-order valence-electron chi connectivity index (χ4n) is 3.94. The minimum absolute atomic E-state index is 0.0608. The van der Waals surface area contributed by atoms with Gasteiger partial charge in [-0.3, -0.25) is 4.79 Å². The Morgan fingerprint density at radius 1 is 0.800 bits per heavy atom. The second-order valence-corrected chi connectivity index (χ2v) is 8.30. The zero-order chi connectivity index (χ0) is 24.5. The fraction of sp³-hybridized carbons (Fsp3) is 0.0357. The van der Waals surface area contributed by atoms with Crippen molar-refractivity contribution in [1.82, 2.24) is 4.98 Å². The summed E-state index contributed by atoms with van der Waals surface area (Å²) in [4.78, 5) is 15.3. The number of rotatable bonds is 5. The summed E-state index contributed by atoms with van der Waals surface area (Å²) in [5, 5.41) is 22.4. The van der Waals surface area contributed by atoms with Crippen molar-refractivity contribution in [2.45, 2.75) is 0 Å².